The minimum atomic E-state index is 0. The van der Waals surface area contributed by atoms with E-state index in [4.69, 9.17) is 0 Å². The van der Waals surface area contributed by atoms with Crippen LogP contribution in [0.4, 0.5) is 0 Å². The van der Waals surface area contributed by atoms with Crippen LogP contribution in [-0.2, 0) is 17.1 Å². The third-order valence-corrected chi connectivity index (χ3v) is 0. The van der Waals surface area contributed by atoms with Crippen molar-refractivity contribution in [3.63, 3.8) is 0 Å². The summed E-state index contributed by atoms with van der Waals surface area (Å²) < 4.78 is 0. The normalized spacial score (nSPS) is 0. The fourth-order valence-corrected chi connectivity index (χ4v) is 0. The van der Waals surface area contributed by atoms with Gasteiger partial charge in [0.1, 0.15) is 0 Å². The molecule has 0 amide bonds. The second-order valence-corrected chi connectivity index (χ2v) is 0. The molecule has 4 heteroatoms. The Labute approximate surface area is 55.2 Å². The predicted molar refractivity (Wildman–Crippen MR) is 13.0 cm³/mol. The first-order valence-electron chi connectivity index (χ1n) is 0. The summed E-state index contributed by atoms with van der Waals surface area (Å²) in [5, 5.41) is 0. The van der Waals surface area contributed by atoms with Crippen LogP contribution in [0.3, 0.4) is 0 Å². The SMILES string of the molecule is O.O.[Fe].[Pb]. The maximum Gasteiger partial charge on any atom is 0 e. The maximum atomic E-state index is 0. The minimum absolute atomic E-state index is 0. The summed E-state index contributed by atoms with van der Waals surface area (Å²) in [5.74, 6) is 0. The van der Waals surface area contributed by atoms with E-state index >= 15 is 0 Å². The van der Waals surface area contributed by atoms with Crippen molar-refractivity contribution in [1.82, 2.24) is 0 Å². The molecule has 0 rings (SSSR count). The van der Waals surface area contributed by atoms with Crippen LogP contribution >= 0.6 is 0 Å². The smallest absolute Gasteiger partial charge is 0 e. The van der Waals surface area contributed by atoms with E-state index in [0.717, 1.165) is 0 Å². The Morgan fingerprint density at radius 1 is 0.750 bits per heavy atom. The van der Waals surface area contributed by atoms with Crippen molar-refractivity contribution in [3.05, 3.63) is 0 Å². The number of rotatable bonds is 0. The molecule has 0 atom stereocenters. The van der Waals surface area contributed by atoms with E-state index in [1.165, 1.54) is 0 Å². The van der Waals surface area contributed by atoms with E-state index in [1.54, 1.807) is 0 Å². The molecule has 4 heavy (non-hydrogen) atoms. The van der Waals surface area contributed by atoms with Crippen LogP contribution in [0.2, 0.25) is 0 Å². The Kier molecular flexibility index (Phi) is 366. The summed E-state index contributed by atoms with van der Waals surface area (Å²) in [6.45, 7) is 0. The van der Waals surface area contributed by atoms with Gasteiger partial charge in [-0.2, -0.15) is 0 Å². The molecule has 2 nitrogen and oxygen atoms in total. The van der Waals surface area contributed by atoms with Crippen LogP contribution in [-0.4, -0.2) is 38.3 Å². The zero-order valence-electron chi connectivity index (χ0n) is 1.85. The van der Waals surface area contributed by atoms with Gasteiger partial charge in [-0.3, -0.25) is 0 Å². The van der Waals surface area contributed by atoms with E-state index in [1.807, 2.05) is 0 Å². The fourth-order valence-electron chi connectivity index (χ4n) is 0. The molecule has 4 radical (unpaired) electrons. The molecular weight excluding hydrogens is 295 g/mol. The van der Waals surface area contributed by atoms with Gasteiger partial charge in [0.25, 0.3) is 0 Å². The van der Waals surface area contributed by atoms with Gasteiger partial charge in [-0.05, 0) is 0 Å². The summed E-state index contributed by atoms with van der Waals surface area (Å²) in [4.78, 5) is 0. The fraction of sp³-hybridized carbons (Fsp3) is 0. The zero-order chi connectivity index (χ0) is 0. The number of hydrogen-bond donors (Lipinski definition) is 0. The van der Waals surface area contributed by atoms with Gasteiger partial charge in [-0.25, -0.2) is 0 Å². The Morgan fingerprint density at radius 3 is 0.750 bits per heavy atom. The van der Waals surface area contributed by atoms with Gasteiger partial charge < -0.3 is 11.0 Å². The molecule has 0 fully saturated rings. The summed E-state index contributed by atoms with van der Waals surface area (Å²) in [6.07, 6.45) is 0. The molecule has 0 unspecified atom stereocenters. The second kappa shape index (κ2) is 26.6. The molecule has 28 valence electrons. The van der Waals surface area contributed by atoms with Gasteiger partial charge in [-0.15, -0.1) is 0 Å². The van der Waals surface area contributed by atoms with E-state index in [0.29, 0.717) is 0 Å². The van der Waals surface area contributed by atoms with Crippen molar-refractivity contribution in [2.75, 3.05) is 0 Å². The quantitative estimate of drug-likeness (QED) is 0.463. The Bertz CT molecular complexity index is 6.00. The van der Waals surface area contributed by atoms with Crippen molar-refractivity contribution in [1.29, 1.82) is 0 Å². The molecule has 0 aliphatic carbocycles. The maximum absolute atomic E-state index is 0. The van der Waals surface area contributed by atoms with Gasteiger partial charge in [-0.1, -0.05) is 0 Å². The molecule has 4 N–H and O–H groups in total. The van der Waals surface area contributed by atoms with Crippen molar-refractivity contribution in [2.45, 2.75) is 0 Å². The van der Waals surface area contributed by atoms with E-state index in [-0.39, 0.29) is 55.3 Å². The van der Waals surface area contributed by atoms with Gasteiger partial charge in [0.2, 0.25) is 0 Å². The summed E-state index contributed by atoms with van der Waals surface area (Å²) >= 11 is 0. The first kappa shape index (κ1) is 55.0. The Hall–Kier alpha value is 1.36. The van der Waals surface area contributed by atoms with Crippen LogP contribution in [0.15, 0.2) is 0 Å². The number of hydrogen-bond acceptors (Lipinski definition) is 0. The second-order valence-electron chi connectivity index (χ2n) is 0. The molecular formula is H4FeO2Pb. The first-order valence-corrected chi connectivity index (χ1v) is 0. The van der Waals surface area contributed by atoms with Crippen LogP contribution in [0.5, 0.6) is 0 Å². The van der Waals surface area contributed by atoms with Crippen molar-refractivity contribution >= 4 is 27.3 Å². The van der Waals surface area contributed by atoms with Crippen molar-refractivity contribution < 1.29 is 28.0 Å². The largest absolute Gasteiger partial charge is 0.412 e. The van der Waals surface area contributed by atoms with E-state index in [2.05, 4.69) is 0 Å². The molecule has 0 heterocycles. The molecule has 0 bridgehead atoms. The third-order valence-electron chi connectivity index (χ3n) is 0. The molecule has 0 saturated carbocycles. The molecule has 0 spiro atoms. The summed E-state index contributed by atoms with van der Waals surface area (Å²) in [6, 6.07) is 0. The van der Waals surface area contributed by atoms with Gasteiger partial charge >= 0.3 is 0 Å². The molecule has 0 aromatic rings. The molecule has 0 aliphatic rings. The third kappa shape index (κ3) is 10.1. The average Bonchev–Trinajstić information content (AvgIpc) is 0. The van der Waals surface area contributed by atoms with Crippen LogP contribution in [0.25, 0.3) is 0 Å². The average molecular weight is 299 g/mol. The summed E-state index contributed by atoms with van der Waals surface area (Å²) in [5.41, 5.74) is 0. The molecule has 0 aromatic heterocycles. The Morgan fingerprint density at radius 2 is 0.750 bits per heavy atom. The molecule has 0 aromatic carbocycles. The van der Waals surface area contributed by atoms with Gasteiger partial charge in [0, 0.05) is 44.4 Å². The standard InChI is InChI=1S/Fe.2H2O.Pb/h;2*1H2;. The van der Waals surface area contributed by atoms with Gasteiger partial charge in [0.05, 0.1) is 0 Å². The Balaban J connectivity index is 0. The van der Waals surface area contributed by atoms with E-state index < -0.39 is 0 Å². The topological polar surface area (TPSA) is 63.0 Å². The van der Waals surface area contributed by atoms with Crippen LogP contribution in [0, 0.1) is 0 Å². The van der Waals surface area contributed by atoms with Crippen LogP contribution in [0.1, 0.15) is 0 Å². The molecule has 0 saturated heterocycles. The minimum Gasteiger partial charge on any atom is -0.412 e. The zero-order valence-corrected chi connectivity index (χ0v) is 6.85. The predicted octanol–water partition coefficient (Wildman–Crippen LogP) is -2.03. The molecule has 0 aliphatic heterocycles. The van der Waals surface area contributed by atoms with E-state index in [9.17, 15) is 0 Å². The monoisotopic (exact) mass is 300 g/mol. The first-order chi connectivity index (χ1) is 0. The van der Waals surface area contributed by atoms with Crippen molar-refractivity contribution in [3.8, 4) is 0 Å². The van der Waals surface area contributed by atoms with Crippen LogP contribution < -0.4 is 0 Å². The van der Waals surface area contributed by atoms with Crippen molar-refractivity contribution in [2.24, 2.45) is 0 Å². The summed E-state index contributed by atoms with van der Waals surface area (Å²) in [7, 11) is 0. The van der Waals surface area contributed by atoms with Gasteiger partial charge in [0.15, 0.2) is 0 Å².